The van der Waals surface area contributed by atoms with Crippen molar-refractivity contribution in [2.45, 2.75) is 0 Å². The molecule has 0 saturated heterocycles. The molecule has 116 valence electrons. The molecule has 0 atom stereocenters. The first-order valence-electron chi connectivity index (χ1n) is 6.73. The molecular weight excluding hydrogens is 334 g/mol. The fourth-order valence-corrected chi connectivity index (χ4v) is 2.36. The van der Waals surface area contributed by atoms with Gasteiger partial charge in [0.15, 0.2) is 10.9 Å². The van der Waals surface area contributed by atoms with Crippen LogP contribution in [0.3, 0.4) is 0 Å². The van der Waals surface area contributed by atoms with Gasteiger partial charge in [0.1, 0.15) is 5.58 Å². The molecule has 0 saturated carbocycles. The zero-order valence-corrected chi connectivity index (χ0v) is 13.4. The van der Waals surface area contributed by atoms with E-state index in [9.17, 15) is 4.79 Å². The van der Waals surface area contributed by atoms with Gasteiger partial charge >= 0.3 is 5.91 Å². The van der Waals surface area contributed by atoms with Gasteiger partial charge in [-0.05, 0) is 42.5 Å². The molecule has 0 bridgehead atoms. The van der Waals surface area contributed by atoms with Crippen molar-refractivity contribution < 1.29 is 9.21 Å². The molecule has 2 aromatic carbocycles. The molecule has 1 heterocycles. The Labute approximate surface area is 142 Å². The first-order valence-corrected chi connectivity index (χ1v) is 7.52. The standard InChI is InChI=1S/C16H12ClN3O2S/c17-11-5-3-6-12(9-11)18-16(23)20-19-15(21)14-8-10-4-1-2-7-13(10)22-14/h1-9H,(H,19,21)(H2,18,20,23). The maximum atomic E-state index is 12.0. The van der Waals surface area contributed by atoms with Crippen molar-refractivity contribution in [3.05, 3.63) is 65.4 Å². The van der Waals surface area contributed by atoms with Crippen molar-refractivity contribution in [2.75, 3.05) is 5.32 Å². The molecule has 0 fully saturated rings. The third-order valence-electron chi connectivity index (χ3n) is 3.02. The SMILES string of the molecule is O=C(NNC(=S)Nc1cccc(Cl)c1)c1cc2ccccc2o1. The van der Waals surface area contributed by atoms with Crippen LogP contribution in [0, 0.1) is 0 Å². The zero-order chi connectivity index (χ0) is 16.2. The van der Waals surface area contributed by atoms with E-state index in [1.807, 2.05) is 18.2 Å². The maximum absolute atomic E-state index is 12.0. The van der Waals surface area contributed by atoms with E-state index in [0.717, 1.165) is 5.39 Å². The molecule has 3 rings (SSSR count). The lowest BCUT2D eigenvalue weighted by molar-refractivity contribution is 0.0918. The number of rotatable bonds is 2. The van der Waals surface area contributed by atoms with Crippen LogP contribution in [0.1, 0.15) is 10.6 Å². The minimum absolute atomic E-state index is 0.198. The average molecular weight is 346 g/mol. The normalized spacial score (nSPS) is 10.3. The van der Waals surface area contributed by atoms with Crippen molar-refractivity contribution >= 4 is 51.5 Å². The first-order chi connectivity index (χ1) is 11.1. The van der Waals surface area contributed by atoms with Gasteiger partial charge in [-0.3, -0.25) is 15.6 Å². The minimum Gasteiger partial charge on any atom is -0.451 e. The molecule has 0 aliphatic carbocycles. The quantitative estimate of drug-likeness (QED) is 0.488. The number of halogens is 1. The number of para-hydroxylation sites is 1. The smallest absolute Gasteiger partial charge is 0.305 e. The van der Waals surface area contributed by atoms with E-state index in [2.05, 4.69) is 16.2 Å². The number of furan rings is 1. The molecule has 1 amide bonds. The molecule has 0 radical (unpaired) electrons. The van der Waals surface area contributed by atoms with Crippen LogP contribution < -0.4 is 16.2 Å². The Morgan fingerprint density at radius 2 is 1.87 bits per heavy atom. The Kier molecular flexibility index (Phi) is 4.45. The third-order valence-corrected chi connectivity index (χ3v) is 3.46. The summed E-state index contributed by atoms with van der Waals surface area (Å²) in [5.74, 6) is -0.222. The Morgan fingerprint density at radius 3 is 2.65 bits per heavy atom. The van der Waals surface area contributed by atoms with Gasteiger partial charge in [-0.1, -0.05) is 35.9 Å². The maximum Gasteiger partial charge on any atom is 0.305 e. The molecule has 1 aromatic heterocycles. The number of carbonyl (C=O) groups excluding carboxylic acids is 1. The number of hydrazine groups is 1. The van der Waals surface area contributed by atoms with Gasteiger partial charge in [-0.2, -0.15) is 0 Å². The highest BCUT2D eigenvalue weighted by Crippen LogP contribution is 2.18. The topological polar surface area (TPSA) is 66.3 Å². The van der Waals surface area contributed by atoms with Crippen LogP contribution in [-0.4, -0.2) is 11.0 Å². The van der Waals surface area contributed by atoms with Crippen LogP contribution in [0.4, 0.5) is 5.69 Å². The van der Waals surface area contributed by atoms with E-state index in [-0.39, 0.29) is 10.9 Å². The van der Waals surface area contributed by atoms with E-state index in [4.69, 9.17) is 28.2 Å². The summed E-state index contributed by atoms with van der Waals surface area (Å²) in [6.45, 7) is 0. The largest absolute Gasteiger partial charge is 0.451 e. The first kappa shape index (κ1) is 15.3. The fraction of sp³-hybridized carbons (Fsp3) is 0. The van der Waals surface area contributed by atoms with E-state index in [1.165, 1.54) is 0 Å². The number of fused-ring (bicyclic) bond motifs is 1. The van der Waals surface area contributed by atoms with E-state index < -0.39 is 5.91 Å². The Balaban J connectivity index is 1.59. The second kappa shape index (κ2) is 6.68. The van der Waals surface area contributed by atoms with Gasteiger partial charge in [0.2, 0.25) is 0 Å². The summed E-state index contributed by atoms with van der Waals surface area (Å²) in [7, 11) is 0. The molecule has 5 nitrogen and oxygen atoms in total. The highest BCUT2D eigenvalue weighted by atomic mass is 35.5. The predicted octanol–water partition coefficient (Wildman–Crippen LogP) is 3.72. The summed E-state index contributed by atoms with van der Waals surface area (Å²) in [4.78, 5) is 12.0. The highest BCUT2D eigenvalue weighted by Gasteiger charge is 2.12. The van der Waals surface area contributed by atoms with Crippen LogP contribution in [0.15, 0.2) is 59.0 Å². The van der Waals surface area contributed by atoms with E-state index >= 15 is 0 Å². The van der Waals surface area contributed by atoms with Crippen molar-refractivity contribution in [1.29, 1.82) is 0 Å². The summed E-state index contributed by atoms with van der Waals surface area (Å²) >= 11 is 11.0. The Morgan fingerprint density at radius 1 is 1.04 bits per heavy atom. The number of carbonyl (C=O) groups is 1. The molecule has 0 aliphatic rings. The van der Waals surface area contributed by atoms with Gasteiger partial charge < -0.3 is 9.73 Å². The Bertz CT molecular complexity index is 845. The van der Waals surface area contributed by atoms with Crippen molar-refractivity contribution in [2.24, 2.45) is 0 Å². The molecule has 23 heavy (non-hydrogen) atoms. The van der Waals surface area contributed by atoms with Gasteiger partial charge in [0.25, 0.3) is 0 Å². The fourth-order valence-electron chi connectivity index (χ4n) is 2.00. The van der Waals surface area contributed by atoms with Gasteiger partial charge in [-0.25, -0.2) is 0 Å². The number of anilines is 1. The van der Waals surface area contributed by atoms with Crippen LogP contribution in [0.2, 0.25) is 5.02 Å². The van der Waals surface area contributed by atoms with Crippen molar-refractivity contribution in [3.8, 4) is 0 Å². The number of nitrogens with one attached hydrogen (secondary N) is 3. The molecule has 7 heteroatoms. The molecule has 0 spiro atoms. The minimum atomic E-state index is -0.420. The molecular formula is C16H12ClN3O2S. The number of hydrogen-bond donors (Lipinski definition) is 3. The summed E-state index contributed by atoms with van der Waals surface area (Å²) in [5, 5.41) is 4.59. The second-order valence-electron chi connectivity index (χ2n) is 4.69. The number of thiocarbonyl (C=S) groups is 1. The summed E-state index contributed by atoms with van der Waals surface area (Å²) in [6.07, 6.45) is 0. The summed E-state index contributed by atoms with van der Waals surface area (Å²) in [5.41, 5.74) is 6.45. The lowest BCUT2D eigenvalue weighted by atomic mass is 10.2. The van der Waals surface area contributed by atoms with Gasteiger partial charge in [0, 0.05) is 16.1 Å². The lowest BCUT2D eigenvalue weighted by Gasteiger charge is -2.10. The van der Waals surface area contributed by atoms with Gasteiger partial charge in [-0.15, -0.1) is 0 Å². The monoisotopic (exact) mass is 345 g/mol. The third kappa shape index (κ3) is 3.80. The van der Waals surface area contributed by atoms with Crippen LogP contribution in [0.5, 0.6) is 0 Å². The molecule has 0 aliphatic heterocycles. The van der Waals surface area contributed by atoms with E-state index in [1.54, 1.807) is 36.4 Å². The second-order valence-corrected chi connectivity index (χ2v) is 5.54. The number of hydrogen-bond acceptors (Lipinski definition) is 3. The van der Waals surface area contributed by atoms with Gasteiger partial charge in [0.05, 0.1) is 0 Å². The number of amides is 1. The summed E-state index contributed by atoms with van der Waals surface area (Å²) in [6, 6.07) is 16.1. The number of benzene rings is 2. The van der Waals surface area contributed by atoms with Crippen molar-refractivity contribution in [1.82, 2.24) is 10.9 Å². The van der Waals surface area contributed by atoms with Crippen molar-refractivity contribution in [3.63, 3.8) is 0 Å². The molecule has 0 unspecified atom stereocenters. The van der Waals surface area contributed by atoms with Crippen LogP contribution >= 0.6 is 23.8 Å². The average Bonchev–Trinajstić information content (AvgIpc) is 2.97. The molecule has 3 aromatic rings. The van der Waals surface area contributed by atoms with E-state index in [0.29, 0.717) is 16.3 Å². The highest BCUT2D eigenvalue weighted by molar-refractivity contribution is 7.80. The molecule has 3 N–H and O–H groups in total. The Hall–Kier alpha value is -2.57. The predicted molar refractivity (Wildman–Crippen MR) is 94.5 cm³/mol. The lowest BCUT2D eigenvalue weighted by Crippen LogP contribution is -2.43. The zero-order valence-electron chi connectivity index (χ0n) is 11.8. The summed E-state index contributed by atoms with van der Waals surface area (Å²) < 4.78 is 5.46. The van der Waals surface area contributed by atoms with Crippen LogP contribution in [0.25, 0.3) is 11.0 Å². The van der Waals surface area contributed by atoms with Crippen LogP contribution in [-0.2, 0) is 0 Å².